The fourth-order valence-corrected chi connectivity index (χ4v) is 10.2. The molecular weight excluding hydrogens is 855 g/mol. The Morgan fingerprint density at radius 3 is 0.901 bits per heavy atom. The lowest BCUT2D eigenvalue weighted by atomic mass is 9.89. The second-order valence-corrected chi connectivity index (χ2v) is 18.0. The van der Waals surface area contributed by atoms with Gasteiger partial charge in [0.05, 0.1) is 0 Å². The average molecular weight is 904 g/mol. The molecular formula is C70H49N. The van der Waals surface area contributed by atoms with E-state index in [0.29, 0.717) is 0 Å². The summed E-state index contributed by atoms with van der Waals surface area (Å²) in [7, 11) is 0. The molecule has 0 radical (unpaired) electrons. The molecule has 334 valence electrons. The minimum atomic E-state index is 1.08. The van der Waals surface area contributed by atoms with Crippen molar-refractivity contribution in [3.8, 4) is 89.0 Å². The number of fused-ring (bicyclic) bond motifs is 1. The van der Waals surface area contributed by atoms with Crippen LogP contribution >= 0.6 is 0 Å². The van der Waals surface area contributed by atoms with Gasteiger partial charge in [-0.25, -0.2) is 0 Å². The molecule has 0 N–H and O–H groups in total. The van der Waals surface area contributed by atoms with E-state index < -0.39 is 0 Å². The first-order valence-electron chi connectivity index (χ1n) is 24.4. The Morgan fingerprint density at radius 1 is 0.183 bits per heavy atom. The second kappa shape index (κ2) is 19.4. The van der Waals surface area contributed by atoms with Gasteiger partial charge < -0.3 is 4.90 Å². The van der Waals surface area contributed by atoms with Gasteiger partial charge in [0.1, 0.15) is 0 Å². The maximum absolute atomic E-state index is 2.38. The molecule has 0 atom stereocenters. The molecule has 0 spiro atoms. The summed E-state index contributed by atoms with van der Waals surface area (Å²) in [5, 5.41) is 2.47. The first-order valence-corrected chi connectivity index (χ1v) is 24.4. The molecule has 0 heterocycles. The van der Waals surface area contributed by atoms with Crippen molar-refractivity contribution < 1.29 is 0 Å². The van der Waals surface area contributed by atoms with Crippen molar-refractivity contribution in [1.82, 2.24) is 0 Å². The standard InChI is InChI=1S/C70H49N/c1-6-18-52(19-7-1)64-45-37-59(48-68(64)55-24-12-4-13-25-55)50-30-39-61(40-31-50)71(63-43-34-58(35-44-63)70-66-29-17-16-28-57(66)36-47-67(70)54-22-10-3-11-23-54)62-41-32-51(33-42-62)60-38-46-65(53-20-8-2-9-21-53)69(49-60)56-26-14-5-15-27-56/h1-49H. The van der Waals surface area contributed by atoms with Crippen LogP contribution in [0.1, 0.15) is 0 Å². The van der Waals surface area contributed by atoms with Crippen LogP contribution in [0, 0.1) is 0 Å². The third-order valence-corrected chi connectivity index (χ3v) is 13.7. The molecule has 1 heteroatoms. The van der Waals surface area contributed by atoms with Gasteiger partial charge >= 0.3 is 0 Å². The van der Waals surface area contributed by atoms with E-state index in [2.05, 4.69) is 302 Å². The molecule has 0 aromatic heterocycles. The van der Waals surface area contributed by atoms with Crippen molar-refractivity contribution in [2.75, 3.05) is 4.90 Å². The van der Waals surface area contributed by atoms with Crippen LogP contribution in [-0.4, -0.2) is 0 Å². The predicted octanol–water partition coefficient (Wildman–Crippen LogP) is 19.6. The topological polar surface area (TPSA) is 3.24 Å². The van der Waals surface area contributed by atoms with Crippen LogP contribution in [0.3, 0.4) is 0 Å². The average Bonchev–Trinajstić information content (AvgIpc) is 3.46. The highest BCUT2D eigenvalue weighted by Crippen LogP contribution is 2.43. The molecule has 0 amide bonds. The van der Waals surface area contributed by atoms with Gasteiger partial charge in [0.25, 0.3) is 0 Å². The summed E-state index contributed by atoms with van der Waals surface area (Å²) in [4.78, 5) is 2.38. The summed E-state index contributed by atoms with van der Waals surface area (Å²) in [6, 6.07) is 108. The summed E-state index contributed by atoms with van der Waals surface area (Å²) in [5.74, 6) is 0. The third-order valence-electron chi connectivity index (χ3n) is 13.7. The lowest BCUT2D eigenvalue weighted by Crippen LogP contribution is -2.09. The highest BCUT2D eigenvalue weighted by atomic mass is 15.1. The van der Waals surface area contributed by atoms with Crippen LogP contribution in [0.5, 0.6) is 0 Å². The van der Waals surface area contributed by atoms with Crippen molar-refractivity contribution >= 4 is 27.8 Å². The number of hydrogen-bond donors (Lipinski definition) is 0. The molecule has 12 rings (SSSR count). The molecule has 1 nitrogen and oxygen atoms in total. The van der Waals surface area contributed by atoms with E-state index in [4.69, 9.17) is 0 Å². The van der Waals surface area contributed by atoms with Crippen molar-refractivity contribution in [1.29, 1.82) is 0 Å². The first kappa shape index (κ1) is 43.0. The Hall–Kier alpha value is -9.30. The molecule has 71 heavy (non-hydrogen) atoms. The van der Waals surface area contributed by atoms with E-state index in [-0.39, 0.29) is 0 Å². The van der Waals surface area contributed by atoms with Crippen LogP contribution in [0.15, 0.2) is 297 Å². The second-order valence-electron chi connectivity index (χ2n) is 18.0. The van der Waals surface area contributed by atoms with Gasteiger partial charge in [-0.2, -0.15) is 0 Å². The lowest BCUT2D eigenvalue weighted by molar-refractivity contribution is 1.28. The van der Waals surface area contributed by atoms with Gasteiger partial charge in [-0.15, -0.1) is 0 Å². The molecule has 0 aliphatic rings. The molecule has 0 bridgehead atoms. The third kappa shape index (κ3) is 8.74. The summed E-state index contributed by atoms with van der Waals surface area (Å²) in [5.41, 5.74) is 22.4. The van der Waals surface area contributed by atoms with E-state index in [1.54, 1.807) is 0 Å². The fourth-order valence-electron chi connectivity index (χ4n) is 10.2. The largest absolute Gasteiger partial charge is 0.311 e. The highest BCUT2D eigenvalue weighted by Gasteiger charge is 2.18. The Kier molecular flexibility index (Phi) is 11.7. The first-order chi connectivity index (χ1) is 35.2. The number of nitrogens with zero attached hydrogens (tertiary/aromatic N) is 1. The van der Waals surface area contributed by atoms with Gasteiger partial charge in [-0.3, -0.25) is 0 Å². The van der Waals surface area contributed by atoms with Crippen molar-refractivity contribution in [2.45, 2.75) is 0 Å². The molecule has 12 aromatic rings. The van der Waals surface area contributed by atoms with E-state index >= 15 is 0 Å². The van der Waals surface area contributed by atoms with Crippen molar-refractivity contribution in [3.63, 3.8) is 0 Å². The summed E-state index contributed by atoms with van der Waals surface area (Å²) >= 11 is 0. The van der Waals surface area contributed by atoms with Crippen LogP contribution in [0.2, 0.25) is 0 Å². The predicted molar refractivity (Wildman–Crippen MR) is 302 cm³/mol. The molecule has 0 aliphatic heterocycles. The molecule has 0 aliphatic carbocycles. The normalized spacial score (nSPS) is 11.1. The molecule has 12 aromatic carbocycles. The van der Waals surface area contributed by atoms with Crippen LogP contribution < -0.4 is 4.90 Å². The van der Waals surface area contributed by atoms with Gasteiger partial charge in [-0.1, -0.05) is 249 Å². The van der Waals surface area contributed by atoms with Crippen LogP contribution in [0.25, 0.3) is 99.8 Å². The number of anilines is 3. The minimum Gasteiger partial charge on any atom is -0.311 e. The monoisotopic (exact) mass is 903 g/mol. The Balaban J connectivity index is 0.947. The summed E-state index contributed by atoms with van der Waals surface area (Å²) in [6.07, 6.45) is 0. The zero-order chi connectivity index (χ0) is 47.3. The number of benzene rings is 12. The lowest BCUT2D eigenvalue weighted by Gasteiger charge is -2.26. The zero-order valence-corrected chi connectivity index (χ0v) is 39.2. The Labute approximate surface area is 416 Å². The number of hydrogen-bond acceptors (Lipinski definition) is 1. The van der Waals surface area contributed by atoms with Crippen molar-refractivity contribution in [3.05, 3.63) is 297 Å². The quantitative estimate of drug-likeness (QED) is 0.125. The van der Waals surface area contributed by atoms with E-state index in [1.165, 1.54) is 88.7 Å². The molecule has 0 saturated carbocycles. The smallest absolute Gasteiger partial charge is 0.0462 e. The van der Waals surface area contributed by atoms with Gasteiger partial charge in [0, 0.05) is 17.1 Å². The Morgan fingerprint density at radius 2 is 0.493 bits per heavy atom. The van der Waals surface area contributed by atoms with Crippen LogP contribution in [0.4, 0.5) is 17.1 Å². The zero-order valence-electron chi connectivity index (χ0n) is 39.2. The van der Waals surface area contributed by atoms with Gasteiger partial charge in [0.2, 0.25) is 0 Å². The fraction of sp³-hybridized carbons (Fsp3) is 0. The van der Waals surface area contributed by atoms with Crippen molar-refractivity contribution in [2.24, 2.45) is 0 Å². The van der Waals surface area contributed by atoms with E-state index in [0.717, 1.165) is 28.2 Å². The minimum absolute atomic E-state index is 1.08. The molecule has 0 saturated heterocycles. The number of rotatable bonds is 11. The highest BCUT2D eigenvalue weighted by molar-refractivity contribution is 6.04. The maximum Gasteiger partial charge on any atom is 0.0462 e. The maximum atomic E-state index is 2.38. The summed E-state index contributed by atoms with van der Waals surface area (Å²) < 4.78 is 0. The van der Waals surface area contributed by atoms with E-state index in [1.807, 2.05) is 0 Å². The van der Waals surface area contributed by atoms with Gasteiger partial charge in [-0.05, 0) is 148 Å². The molecule has 0 unspecified atom stereocenters. The molecule has 0 fully saturated rings. The van der Waals surface area contributed by atoms with Crippen LogP contribution in [-0.2, 0) is 0 Å². The van der Waals surface area contributed by atoms with E-state index in [9.17, 15) is 0 Å². The SMILES string of the molecule is c1ccc(-c2ccc(-c3ccc(N(c4ccc(-c5ccc(-c6ccccc6)c(-c6ccccc6)c5)cc4)c4ccc(-c5c(-c6ccccc6)ccc6ccccc56)cc4)cc3)cc2-c2ccccc2)cc1. The van der Waals surface area contributed by atoms with Gasteiger partial charge in [0.15, 0.2) is 0 Å². The Bertz CT molecular complexity index is 3570. The summed E-state index contributed by atoms with van der Waals surface area (Å²) in [6.45, 7) is 0.